The van der Waals surface area contributed by atoms with Crippen LogP contribution in [0.4, 0.5) is 17.6 Å². The number of hydrogen-bond donors (Lipinski definition) is 2. The molecule has 1 aromatic carbocycles. The first-order valence-electron chi connectivity index (χ1n) is 6.14. The minimum Gasteiger partial charge on any atom is -0.348 e. The van der Waals surface area contributed by atoms with Gasteiger partial charge in [-0.1, -0.05) is 24.3 Å². The summed E-state index contributed by atoms with van der Waals surface area (Å²) in [5.41, 5.74) is 1.99. The number of benzene rings is 1. The molecule has 1 amide bonds. The van der Waals surface area contributed by atoms with E-state index in [9.17, 15) is 22.4 Å². The smallest absolute Gasteiger partial charge is 0.324 e. The van der Waals surface area contributed by atoms with E-state index in [1.165, 1.54) is 0 Å². The van der Waals surface area contributed by atoms with Crippen LogP contribution < -0.4 is 10.6 Å². The van der Waals surface area contributed by atoms with Crippen LogP contribution in [-0.2, 0) is 17.8 Å². The van der Waals surface area contributed by atoms with Gasteiger partial charge in [-0.05, 0) is 17.5 Å². The minimum absolute atomic E-state index is 0. The van der Waals surface area contributed by atoms with E-state index >= 15 is 0 Å². The fraction of sp³-hybridized carbons (Fsp3) is 0.462. The predicted octanol–water partition coefficient (Wildman–Crippen LogP) is 2.14. The van der Waals surface area contributed by atoms with Crippen LogP contribution in [0.1, 0.15) is 11.1 Å². The van der Waals surface area contributed by atoms with Crippen molar-refractivity contribution in [2.45, 2.75) is 31.4 Å². The summed E-state index contributed by atoms with van der Waals surface area (Å²) in [5, 5.41) is 4.77. The number of rotatable bonds is 4. The third kappa shape index (κ3) is 4.31. The van der Waals surface area contributed by atoms with Gasteiger partial charge in [0.1, 0.15) is 0 Å². The first kappa shape index (κ1) is 17.7. The highest BCUT2D eigenvalue weighted by molar-refractivity contribution is 5.85. The molecule has 0 saturated heterocycles. The van der Waals surface area contributed by atoms with E-state index in [4.69, 9.17) is 0 Å². The van der Waals surface area contributed by atoms with Crippen molar-refractivity contribution in [1.82, 2.24) is 10.6 Å². The lowest BCUT2D eigenvalue weighted by Gasteiger charge is -2.26. The van der Waals surface area contributed by atoms with Gasteiger partial charge in [-0.3, -0.25) is 4.79 Å². The summed E-state index contributed by atoms with van der Waals surface area (Å²) >= 11 is 0. The molecule has 1 heterocycles. The lowest BCUT2D eigenvalue weighted by atomic mass is 9.95. The molecule has 8 heteroatoms. The van der Waals surface area contributed by atoms with Gasteiger partial charge >= 0.3 is 12.3 Å². The zero-order valence-corrected chi connectivity index (χ0v) is 11.7. The van der Waals surface area contributed by atoms with Gasteiger partial charge in [0.25, 0.3) is 0 Å². The predicted molar refractivity (Wildman–Crippen MR) is 72.0 cm³/mol. The van der Waals surface area contributed by atoms with Gasteiger partial charge in [-0.25, -0.2) is 8.78 Å². The molecule has 1 atom stereocenters. The lowest BCUT2D eigenvalue weighted by molar-refractivity contribution is -0.137. The standard InChI is InChI=1S/C13H14F4N2O.ClH/c14-12(15)13(16,17)7-19-11(20)10-5-8-3-1-2-4-9(8)6-18-10;/h1-4,10,12,18H,5-7H2,(H,19,20);1H. The Balaban J connectivity index is 0.00000220. The summed E-state index contributed by atoms with van der Waals surface area (Å²) in [6.45, 7) is -0.914. The molecule has 1 unspecified atom stereocenters. The Labute approximate surface area is 125 Å². The van der Waals surface area contributed by atoms with E-state index in [1.807, 2.05) is 29.6 Å². The van der Waals surface area contributed by atoms with Gasteiger partial charge in [0, 0.05) is 6.54 Å². The molecule has 0 saturated carbocycles. The highest BCUT2D eigenvalue weighted by Crippen LogP contribution is 2.22. The Morgan fingerprint density at radius 1 is 1.33 bits per heavy atom. The summed E-state index contributed by atoms with van der Waals surface area (Å²) in [6.07, 6.45) is -3.44. The molecule has 0 radical (unpaired) electrons. The Morgan fingerprint density at radius 3 is 2.57 bits per heavy atom. The number of nitrogens with one attached hydrogen (secondary N) is 2. The molecule has 1 aliphatic heterocycles. The zero-order valence-electron chi connectivity index (χ0n) is 10.9. The van der Waals surface area contributed by atoms with Crippen LogP contribution in [0.25, 0.3) is 0 Å². The number of halogens is 5. The van der Waals surface area contributed by atoms with Crippen LogP contribution in [0.5, 0.6) is 0 Å². The van der Waals surface area contributed by atoms with E-state index in [0.717, 1.165) is 11.1 Å². The molecule has 0 spiro atoms. The second-order valence-electron chi connectivity index (χ2n) is 4.69. The van der Waals surface area contributed by atoms with E-state index in [-0.39, 0.29) is 12.4 Å². The highest BCUT2D eigenvalue weighted by atomic mass is 35.5. The van der Waals surface area contributed by atoms with Crippen molar-refractivity contribution in [3.8, 4) is 0 Å². The molecular weight excluding hydrogens is 312 g/mol. The van der Waals surface area contributed by atoms with Crippen molar-refractivity contribution in [2.75, 3.05) is 6.54 Å². The number of alkyl halides is 4. The van der Waals surface area contributed by atoms with Gasteiger partial charge in [-0.2, -0.15) is 8.78 Å². The minimum atomic E-state index is -4.21. The fourth-order valence-electron chi connectivity index (χ4n) is 2.05. The van der Waals surface area contributed by atoms with Crippen molar-refractivity contribution in [3.63, 3.8) is 0 Å². The Hall–Kier alpha value is -1.34. The van der Waals surface area contributed by atoms with Gasteiger partial charge in [0.05, 0.1) is 12.6 Å². The Bertz CT molecular complexity index is 499. The van der Waals surface area contributed by atoms with E-state index in [1.54, 1.807) is 0 Å². The molecular formula is C13H15ClF4N2O. The van der Waals surface area contributed by atoms with E-state index < -0.39 is 30.8 Å². The van der Waals surface area contributed by atoms with Crippen LogP contribution in [0.2, 0.25) is 0 Å². The van der Waals surface area contributed by atoms with Gasteiger partial charge in [0.2, 0.25) is 5.91 Å². The summed E-state index contributed by atoms with van der Waals surface area (Å²) in [7, 11) is 0. The van der Waals surface area contributed by atoms with Crippen molar-refractivity contribution >= 4 is 18.3 Å². The molecule has 0 aromatic heterocycles. The third-order valence-corrected chi connectivity index (χ3v) is 3.22. The normalized spacial score (nSPS) is 17.9. The summed E-state index contributed by atoms with van der Waals surface area (Å²) in [5.74, 6) is -4.90. The Morgan fingerprint density at radius 2 is 1.95 bits per heavy atom. The number of carbonyl (C=O) groups is 1. The second-order valence-corrected chi connectivity index (χ2v) is 4.69. The van der Waals surface area contributed by atoms with Crippen molar-refractivity contribution in [3.05, 3.63) is 35.4 Å². The fourth-order valence-corrected chi connectivity index (χ4v) is 2.05. The van der Waals surface area contributed by atoms with Gasteiger partial charge in [0.15, 0.2) is 0 Å². The number of amides is 1. The molecule has 0 aliphatic carbocycles. The highest BCUT2D eigenvalue weighted by Gasteiger charge is 2.41. The van der Waals surface area contributed by atoms with Gasteiger partial charge < -0.3 is 10.6 Å². The largest absolute Gasteiger partial charge is 0.348 e. The van der Waals surface area contributed by atoms with Crippen molar-refractivity contribution < 1.29 is 22.4 Å². The van der Waals surface area contributed by atoms with Gasteiger partial charge in [-0.15, -0.1) is 12.4 Å². The van der Waals surface area contributed by atoms with E-state index in [2.05, 4.69) is 5.32 Å². The molecule has 0 bridgehead atoms. The number of hydrogen-bond acceptors (Lipinski definition) is 2. The van der Waals surface area contributed by atoms with E-state index in [0.29, 0.717) is 13.0 Å². The maximum absolute atomic E-state index is 12.7. The second kappa shape index (κ2) is 7.09. The van der Waals surface area contributed by atoms with Crippen LogP contribution in [0.3, 0.4) is 0 Å². The molecule has 1 aromatic rings. The lowest BCUT2D eigenvalue weighted by Crippen LogP contribution is -2.51. The van der Waals surface area contributed by atoms with Crippen LogP contribution >= 0.6 is 12.4 Å². The van der Waals surface area contributed by atoms with Crippen LogP contribution in [0.15, 0.2) is 24.3 Å². The van der Waals surface area contributed by atoms with Crippen molar-refractivity contribution in [1.29, 1.82) is 0 Å². The summed E-state index contributed by atoms with van der Waals surface area (Å²) in [6, 6.07) is 6.76. The zero-order chi connectivity index (χ0) is 14.8. The molecule has 1 aliphatic rings. The third-order valence-electron chi connectivity index (χ3n) is 3.22. The molecule has 0 fully saturated rings. The molecule has 3 nitrogen and oxygen atoms in total. The molecule has 118 valence electrons. The van der Waals surface area contributed by atoms with Crippen LogP contribution in [-0.4, -0.2) is 30.8 Å². The quantitative estimate of drug-likeness (QED) is 0.832. The maximum Gasteiger partial charge on any atom is 0.324 e. The molecule has 21 heavy (non-hydrogen) atoms. The summed E-state index contributed by atoms with van der Waals surface area (Å²) < 4.78 is 49.4. The summed E-state index contributed by atoms with van der Waals surface area (Å²) in [4.78, 5) is 11.7. The monoisotopic (exact) mass is 326 g/mol. The first-order chi connectivity index (χ1) is 9.40. The average molecular weight is 327 g/mol. The molecule has 2 rings (SSSR count). The SMILES string of the molecule is Cl.O=C(NCC(F)(F)C(F)F)C1Cc2ccccc2CN1. The number of fused-ring (bicyclic) bond motifs is 1. The number of carbonyl (C=O) groups excluding carboxylic acids is 1. The topological polar surface area (TPSA) is 41.1 Å². The maximum atomic E-state index is 12.7. The average Bonchev–Trinajstić information content (AvgIpc) is 2.44. The van der Waals surface area contributed by atoms with Crippen molar-refractivity contribution in [2.24, 2.45) is 0 Å². The first-order valence-corrected chi connectivity index (χ1v) is 6.14. The van der Waals surface area contributed by atoms with Crippen LogP contribution in [0, 0.1) is 0 Å². The molecule has 2 N–H and O–H groups in total. The Kier molecular flexibility index (Phi) is 5.98.